The van der Waals surface area contributed by atoms with E-state index >= 15 is 0 Å². The van der Waals surface area contributed by atoms with Gasteiger partial charge in [-0.1, -0.05) is 6.92 Å². The maximum absolute atomic E-state index is 12.0. The second-order valence-electron chi connectivity index (χ2n) is 5.05. The fraction of sp³-hybridized carbons (Fsp3) is 0.500. The molecule has 2 rings (SSSR count). The molecule has 1 aromatic carbocycles. The molecule has 0 saturated carbocycles. The third-order valence-corrected chi connectivity index (χ3v) is 3.96. The van der Waals surface area contributed by atoms with Crippen LogP contribution < -0.4 is 4.74 Å². The molecule has 0 amide bonds. The van der Waals surface area contributed by atoms with Crippen molar-refractivity contribution >= 4 is 5.97 Å². The Labute approximate surface area is 111 Å². The van der Waals surface area contributed by atoms with Crippen LogP contribution in [-0.4, -0.2) is 29.9 Å². The van der Waals surface area contributed by atoms with Crippen LogP contribution >= 0.6 is 0 Å². The predicted molar refractivity (Wildman–Crippen MR) is 68.4 cm³/mol. The first-order valence-corrected chi connectivity index (χ1v) is 6.12. The highest BCUT2D eigenvalue weighted by Crippen LogP contribution is 2.48. The minimum Gasteiger partial charge on any atom is -0.507 e. The number of aliphatic hydroxyl groups excluding tert-OH is 1. The van der Waals surface area contributed by atoms with Gasteiger partial charge in [0.2, 0.25) is 0 Å². The predicted octanol–water partition coefficient (Wildman–Crippen LogP) is 1.72. The Kier molecular flexibility index (Phi) is 3.18. The van der Waals surface area contributed by atoms with E-state index in [1.165, 1.54) is 13.2 Å². The molecule has 5 nitrogen and oxygen atoms in total. The van der Waals surface area contributed by atoms with Crippen LogP contribution in [0.15, 0.2) is 6.07 Å². The normalized spacial score (nSPS) is 22.9. The molecular formula is C14H18O5. The van der Waals surface area contributed by atoms with Crippen molar-refractivity contribution in [3.63, 3.8) is 0 Å². The first-order valence-electron chi connectivity index (χ1n) is 6.12. The van der Waals surface area contributed by atoms with Gasteiger partial charge in [-0.05, 0) is 19.4 Å². The quantitative estimate of drug-likeness (QED) is 0.815. The van der Waals surface area contributed by atoms with Crippen LogP contribution in [0, 0.1) is 12.8 Å². The zero-order valence-corrected chi connectivity index (χ0v) is 11.5. The first kappa shape index (κ1) is 13.7. The first-order chi connectivity index (χ1) is 8.86. The average Bonchev–Trinajstić information content (AvgIpc) is 2.66. The van der Waals surface area contributed by atoms with E-state index in [9.17, 15) is 15.0 Å². The molecule has 0 aliphatic carbocycles. The van der Waals surface area contributed by atoms with Crippen LogP contribution in [0.5, 0.6) is 11.5 Å². The van der Waals surface area contributed by atoms with E-state index < -0.39 is 11.6 Å². The fourth-order valence-electron chi connectivity index (χ4n) is 2.60. The molecule has 1 heterocycles. The molecule has 2 unspecified atom stereocenters. The molecule has 0 fully saturated rings. The summed E-state index contributed by atoms with van der Waals surface area (Å²) in [7, 11) is 1.50. The number of hydrogen-bond donors (Lipinski definition) is 2. The van der Waals surface area contributed by atoms with E-state index in [4.69, 9.17) is 9.47 Å². The standard InChI is InChI=1S/C14H18O5/c1-7(6-15)14(3)12-8(2)10(18-4)5-9(16)11(12)13(17)19-14/h5,7,15-16H,6H2,1-4H3. The number of benzene rings is 1. The lowest BCUT2D eigenvalue weighted by molar-refractivity contribution is -0.0401. The number of phenols is 1. The van der Waals surface area contributed by atoms with E-state index in [2.05, 4.69) is 0 Å². The Morgan fingerprint density at radius 1 is 1.53 bits per heavy atom. The lowest BCUT2D eigenvalue weighted by Gasteiger charge is -2.31. The summed E-state index contributed by atoms with van der Waals surface area (Å²) in [5, 5.41) is 19.4. The maximum atomic E-state index is 12.0. The van der Waals surface area contributed by atoms with Crippen LogP contribution in [0.4, 0.5) is 0 Å². The number of ether oxygens (including phenoxy) is 2. The highest BCUT2D eigenvalue weighted by atomic mass is 16.6. The molecule has 2 atom stereocenters. The van der Waals surface area contributed by atoms with Gasteiger partial charge in [-0.25, -0.2) is 4.79 Å². The van der Waals surface area contributed by atoms with Crippen LogP contribution in [0.25, 0.3) is 0 Å². The van der Waals surface area contributed by atoms with E-state index in [0.29, 0.717) is 11.3 Å². The molecule has 1 aromatic rings. The molecule has 1 aliphatic rings. The second kappa shape index (κ2) is 4.42. The van der Waals surface area contributed by atoms with Gasteiger partial charge in [-0.2, -0.15) is 0 Å². The number of carbonyl (C=O) groups excluding carboxylic acids is 1. The molecular weight excluding hydrogens is 248 g/mol. The lowest BCUT2D eigenvalue weighted by atomic mass is 9.81. The molecule has 0 bridgehead atoms. The zero-order chi connectivity index (χ0) is 14.4. The Balaban J connectivity index is 2.75. The number of hydrogen-bond acceptors (Lipinski definition) is 5. The van der Waals surface area contributed by atoms with E-state index in [1.54, 1.807) is 20.8 Å². The number of cyclic esters (lactones) is 1. The average molecular weight is 266 g/mol. The van der Waals surface area contributed by atoms with Gasteiger partial charge >= 0.3 is 5.97 Å². The van der Waals surface area contributed by atoms with Gasteiger partial charge in [-0.3, -0.25) is 0 Å². The molecule has 0 saturated heterocycles. The SMILES string of the molecule is COc1cc(O)c2c(c1C)C(C)(C(C)CO)OC2=O. The van der Waals surface area contributed by atoms with Gasteiger partial charge < -0.3 is 19.7 Å². The molecule has 104 valence electrons. The van der Waals surface area contributed by atoms with E-state index in [1.807, 2.05) is 0 Å². The van der Waals surface area contributed by atoms with Gasteiger partial charge in [0, 0.05) is 24.2 Å². The largest absolute Gasteiger partial charge is 0.507 e. The van der Waals surface area contributed by atoms with Crippen molar-refractivity contribution in [2.45, 2.75) is 26.4 Å². The van der Waals surface area contributed by atoms with Crippen molar-refractivity contribution in [3.05, 3.63) is 22.8 Å². The fourth-order valence-corrected chi connectivity index (χ4v) is 2.60. The molecule has 0 radical (unpaired) electrons. The number of carbonyl (C=O) groups is 1. The van der Waals surface area contributed by atoms with Gasteiger partial charge in [0.25, 0.3) is 0 Å². The molecule has 19 heavy (non-hydrogen) atoms. The van der Waals surface area contributed by atoms with Crippen LogP contribution in [-0.2, 0) is 10.3 Å². The van der Waals surface area contributed by atoms with Gasteiger partial charge in [0.1, 0.15) is 22.7 Å². The van der Waals surface area contributed by atoms with Gasteiger partial charge in [0.05, 0.1) is 7.11 Å². The number of rotatable bonds is 3. The number of methoxy groups -OCH3 is 1. The molecule has 0 spiro atoms. The van der Waals surface area contributed by atoms with Crippen molar-refractivity contribution in [3.8, 4) is 11.5 Å². The van der Waals surface area contributed by atoms with Crippen molar-refractivity contribution in [1.82, 2.24) is 0 Å². The van der Waals surface area contributed by atoms with Gasteiger partial charge in [-0.15, -0.1) is 0 Å². The summed E-state index contributed by atoms with van der Waals surface area (Å²) in [5.74, 6) is -0.522. The lowest BCUT2D eigenvalue weighted by Crippen LogP contribution is -2.33. The number of aromatic hydroxyl groups is 1. The maximum Gasteiger partial charge on any atom is 0.343 e. The smallest absolute Gasteiger partial charge is 0.343 e. The zero-order valence-electron chi connectivity index (χ0n) is 11.5. The molecule has 0 aromatic heterocycles. The van der Waals surface area contributed by atoms with Gasteiger partial charge in [0.15, 0.2) is 0 Å². The Morgan fingerprint density at radius 2 is 2.16 bits per heavy atom. The Hall–Kier alpha value is -1.75. The summed E-state index contributed by atoms with van der Waals surface area (Å²) in [4.78, 5) is 12.0. The van der Waals surface area contributed by atoms with E-state index in [-0.39, 0.29) is 23.8 Å². The number of phenolic OH excluding ortho intramolecular Hbond substituents is 1. The van der Waals surface area contributed by atoms with Crippen LogP contribution in [0.2, 0.25) is 0 Å². The number of aliphatic hydroxyl groups is 1. The third kappa shape index (κ3) is 1.76. The highest BCUT2D eigenvalue weighted by molar-refractivity contribution is 5.98. The molecule has 5 heteroatoms. The van der Waals surface area contributed by atoms with Crippen LogP contribution in [0.1, 0.15) is 35.3 Å². The van der Waals surface area contributed by atoms with Crippen molar-refractivity contribution in [2.75, 3.05) is 13.7 Å². The summed E-state index contributed by atoms with van der Waals surface area (Å²) in [5.41, 5.74) is 0.540. The molecule has 2 N–H and O–H groups in total. The second-order valence-corrected chi connectivity index (χ2v) is 5.05. The minimum atomic E-state index is -0.961. The number of fused-ring (bicyclic) bond motifs is 1. The summed E-state index contributed by atoms with van der Waals surface area (Å²) < 4.78 is 10.6. The summed E-state index contributed by atoms with van der Waals surface area (Å²) in [6.07, 6.45) is 0. The molecule has 1 aliphatic heterocycles. The highest BCUT2D eigenvalue weighted by Gasteiger charge is 2.48. The van der Waals surface area contributed by atoms with Crippen molar-refractivity contribution < 1.29 is 24.5 Å². The Morgan fingerprint density at radius 3 is 2.68 bits per heavy atom. The van der Waals surface area contributed by atoms with Crippen molar-refractivity contribution in [1.29, 1.82) is 0 Å². The monoisotopic (exact) mass is 266 g/mol. The number of esters is 1. The summed E-state index contributed by atoms with van der Waals surface area (Å²) in [6, 6.07) is 1.41. The third-order valence-electron chi connectivity index (χ3n) is 3.96. The topological polar surface area (TPSA) is 76.0 Å². The van der Waals surface area contributed by atoms with Crippen LogP contribution in [0.3, 0.4) is 0 Å². The Bertz CT molecular complexity index is 537. The minimum absolute atomic E-state index is 0.124. The van der Waals surface area contributed by atoms with Crippen molar-refractivity contribution in [2.24, 2.45) is 5.92 Å². The summed E-state index contributed by atoms with van der Waals surface area (Å²) in [6.45, 7) is 5.21. The van der Waals surface area contributed by atoms with E-state index in [0.717, 1.165) is 5.56 Å². The summed E-state index contributed by atoms with van der Waals surface area (Å²) >= 11 is 0.